The van der Waals surface area contributed by atoms with Gasteiger partial charge in [-0.3, -0.25) is 0 Å². The summed E-state index contributed by atoms with van der Waals surface area (Å²) in [6.45, 7) is 0. The number of benzene rings is 2. The first-order valence-corrected chi connectivity index (χ1v) is 6.59. The fourth-order valence-electron chi connectivity index (χ4n) is 2.70. The first-order valence-electron chi connectivity index (χ1n) is 6.59. The lowest BCUT2D eigenvalue weighted by Crippen LogP contribution is -2.15. The summed E-state index contributed by atoms with van der Waals surface area (Å²) in [5, 5.41) is 0. The molecule has 0 spiro atoms. The summed E-state index contributed by atoms with van der Waals surface area (Å²) in [6.07, 6.45) is 0.318. The monoisotopic (exact) mass is 289 g/mol. The van der Waals surface area contributed by atoms with Crippen LogP contribution in [0.2, 0.25) is 0 Å². The van der Waals surface area contributed by atoms with Crippen LogP contribution in [0.15, 0.2) is 36.4 Å². The zero-order valence-electron chi connectivity index (χ0n) is 11.1. The fourth-order valence-corrected chi connectivity index (χ4v) is 2.70. The second kappa shape index (κ2) is 5.16. The van der Waals surface area contributed by atoms with E-state index >= 15 is 0 Å². The molecule has 21 heavy (non-hydrogen) atoms. The summed E-state index contributed by atoms with van der Waals surface area (Å²) in [5.74, 6) is -1.74. The summed E-state index contributed by atoms with van der Waals surface area (Å²) in [4.78, 5) is 10.8. The van der Waals surface area contributed by atoms with Gasteiger partial charge in [-0.25, -0.2) is 13.6 Å². The third-order valence-corrected chi connectivity index (χ3v) is 3.68. The summed E-state index contributed by atoms with van der Waals surface area (Å²) in [5.41, 5.74) is 8.40. The van der Waals surface area contributed by atoms with Crippen molar-refractivity contribution in [2.75, 3.05) is 0 Å². The molecule has 2 aromatic carbocycles. The van der Waals surface area contributed by atoms with Crippen molar-refractivity contribution in [1.29, 1.82) is 0 Å². The second-order valence-electron chi connectivity index (χ2n) is 5.01. The van der Waals surface area contributed by atoms with Gasteiger partial charge >= 0.3 is 6.09 Å². The molecular weight excluding hydrogens is 276 g/mol. The maximum absolute atomic E-state index is 13.3. The van der Waals surface area contributed by atoms with Gasteiger partial charge in [0.15, 0.2) is 11.6 Å². The average molecular weight is 289 g/mol. The Bertz CT molecular complexity index is 715. The minimum absolute atomic E-state index is 0.323. The highest BCUT2D eigenvalue weighted by atomic mass is 19.2. The van der Waals surface area contributed by atoms with Gasteiger partial charge in [0.25, 0.3) is 0 Å². The molecule has 1 unspecified atom stereocenters. The predicted molar refractivity (Wildman–Crippen MR) is 73.5 cm³/mol. The summed E-state index contributed by atoms with van der Waals surface area (Å²) < 4.78 is 31.3. The van der Waals surface area contributed by atoms with E-state index in [1.54, 1.807) is 6.07 Å². The molecule has 1 atom stereocenters. The summed E-state index contributed by atoms with van der Waals surface area (Å²) in [7, 11) is 0. The van der Waals surface area contributed by atoms with E-state index in [4.69, 9.17) is 10.5 Å². The molecule has 5 heteroatoms. The van der Waals surface area contributed by atoms with Crippen molar-refractivity contribution in [3.8, 4) is 11.1 Å². The zero-order chi connectivity index (χ0) is 15.0. The number of halogens is 2. The van der Waals surface area contributed by atoms with Crippen LogP contribution in [0, 0.1) is 11.6 Å². The molecule has 0 aliphatic heterocycles. The van der Waals surface area contributed by atoms with Gasteiger partial charge in [0, 0.05) is 0 Å². The number of hydrogen-bond donors (Lipinski definition) is 1. The molecule has 0 bridgehead atoms. The lowest BCUT2D eigenvalue weighted by molar-refractivity contribution is 0.107. The molecule has 0 aromatic heterocycles. The van der Waals surface area contributed by atoms with Crippen LogP contribution in [-0.2, 0) is 11.2 Å². The number of carbonyl (C=O) groups is 1. The highest BCUT2D eigenvalue weighted by molar-refractivity contribution is 5.67. The van der Waals surface area contributed by atoms with Gasteiger partial charge < -0.3 is 10.5 Å². The largest absolute Gasteiger partial charge is 0.441 e. The molecule has 3 rings (SSSR count). The lowest BCUT2D eigenvalue weighted by atomic mass is 10.00. The van der Waals surface area contributed by atoms with E-state index in [9.17, 15) is 13.6 Å². The number of nitrogens with two attached hydrogens (primary N) is 1. The molecule has 0 heterocycles. The molecule has 108 valence electrons. The van der Waals surface area contributed by atoms with E-state index in [0.29, 0.717) is 12.0 Å². The minimum atomic E-state index is -0.872. The summed E-state index contributed by atoms with van der Waals surface area (Å²) >= 11 is 0. The Morgan fingerprint density at radius 3 is 2.52 bits per heavy atom. The average Bonchev–Trinajstić information content (AvgIpc) is 2.83. The van der Waals surface area contributed by atoms with Crippen molar-refractivity contribution >= 4 is 6.09 Å². The Morgan fingerprint density at radius 1 is 1.10 bits per heavy atom. The quantitative estimate of drug-likeness (QED) is 0.916. The van der Waals surface area contributed by atoms with Crippen molar-refractivity contribution in [2.45, 2.75) is 18.9 Å². The molecule has 0 saturated heterocycles. The van der Waals surface area contributed by atoms with Gasteiger partial charge in [0.2, 0.25) is 0 Å². The fraction of sp³-hybridized carbons (Fsp3) is 0.188. The number of fused-ring (bicyclic) bond motifs is 1. The van der Waals surface area contributed by atoms with Gasteiger partial charge in [-0.15, -0.1) is 0 Å². The van der Waals surface area contributed by atoms with Crippen molar-refractivity contribution in [1.82, 2.24) is 0 Å². The van der Waals surface area contributed by atoms with Crippen LogP contribution >= 0.6 is 0 Å². The number of hydrogen-bond acceptors (Lipinski definition) is 2. The van der Waals surface area contributed by atoms with Crippen LogP contribution in [-0.4, -0.2) is 6.09 Å². The van der Waals surface area contributed by atoms with Crippen LogP contribution in [0.4, 0.5) is 13.6 Å². The van der Waals surface area contributed by atoms with E-state index in [0.717, 1.165) is 29.2 Å². The van der Waals surface area contributed by atoms with Gasteiger partial charge in [-0.05, 0) is 47.2 Å². The number of amides is 1. The number of ether oxygens (including phenoxy) is 1. The molecule has 1 aliphatic rings. The minimum Gasteiger partial charge on any atom is -0.441 e. The van der Waals surface area contributed by atoms with Crippen LogP contribution in [0.3, 0.4) is 0 Å². The third kappa shape index (κ3) is 2.59. The highest BCUT2D eigenvalue weighted by Gasteiger charge is 2.25. The first-order chi connectivity index (χ1) is 10.0. The lowest BCUT2D eigenvalue weighted by Gasteiger charge is -2.12. The Hall–Kier alpha value is -2.43. The Kier molecular flexibility index (Phi) is 3.33. The van der Waals surface area contributed by atoms with Crippen LogP contribution in [0.5, 0.6) is 0 Å². The van der Waals surface area contributed by atoms with Crippen LogP contribution in [0.1, 0.15) is 23.7 Å². The predicted octanol–water partition coefficient (Wildman–Crippen LogP) is 3.71. The normalized spacial score (nSPS) is 16.6. The number of carbonyl (C=O) groups excluding carboxylic acids is 1. The molecule has 1 amide bonds. The number of primary amides is 1. The zero-order valence-corrected chi connectivity index (χ0v) is 11.1. The second-order valence-corrected chi connectivity index (χ2v) is 5.01. The van der Waals surface area contributed by atoms with E-state index in [2.05, 4.69) is 0 Å². The molecule has 3 nitrogen and oxygen atoms in total. The van der Waals surface area contributed by atoms with Gasteiger partial charge in [0.05, 0.1) is 0 Å². The number of aryl methyl sites for hydroxylation is 1. The SMILES string of the molecule is NC(=O)OC1CCc2cc(-c3ccc(F)c(F)c3)ccc21. The molecule has 0 saturated carbocycles. The summed E-state index contributed by atoms with van der Waals surface area (Å²) in [6, 6.07) is 9.36. The molecule has 2 N–H and O–H groups in total. The topological polar surface area (TPSA) is 52.3 Å². The maximum atomic E-state index is 13.3. The van der Waals surface area contributed by atoms with Gasteiger partial charge in [-0.1, -0.05) is 24.3 Å². The molecule has 2 aromatic rings. The molecule has 0 radical (unpaired) electrons. The molecule has 0 fully saturated rings. The first kappa shape index (κ1) is 13.5. The van der Waals surface area contributed by atoms with E-state index in [-0.39, 0.29) is 6.10 Å². The van der Waals surface area contributed by atoms with Crippen molar-refractivity contribution in [3.05, 3.63) is 59.2 Å². The Morgan fingerprint density at radius 2 is 1.81 bits per heavy atom. The van der Waals surface area contributed by atoms with Crippen LogP contribution in [0.25, 0.3) is 11.1 Å². The van der Waals surface area contributed by atoms with Crippen LogP contribution < -0.4 is 5.73 Å². The molecule has 1 aliphatic carbocycles. The van der Waals surface area contributed by atoms with Crippen molar-refractivity contribution in [3.63, 3.8) is 0 Å². The van der Waals surface area contributed by atoms with Crippen molar-refractivity contribution in [2.24, 2.45) is 5.73 Å². The van der Waals surface area contributed by atoms with Gasteiger partial charge in [0.1, 0.15) is 6.10 Å². The molecular formula is C16H13F2NO2. The van der Waals surface area contributed by atoms with E-state index < -0.39 is 17.7 Å². The number of rotatable bonds is 2. The smallest absolute Gasteiger partial charge is 0.405 e. The van der Waals surface area contributed by atoms with Crippen molar-refractivity contribution < 1.29 is 18.3 Å². The highest BCUT2D eigenvalue weighted by Crippen LogP contribution is 2.36. The van der Waals surface area contributed by atoms with Gasteiger partial charge in [-0.2, -0.15) is 0 Å². The van der Waals surface area contributed by atoms with E-state index in [1.807, 2.05) is 12.1 Å². The van der Waals surface area contributed by atoms with E-state index in [1.165, 1.54) is 12.1 Å². The third-order valence-electron chi connectivity index (χ3n) is 3.68. The Labute approximate surface area is 120 Å². The Balaban J connectivity index is 1.93. The standard InChI is InChI=1S/C16H13F2NO2/c17-13-5-2-10(8-14(13)18)9-1-4-12-11(7-9)3-6-15(12)21-16(19)20/h1-2,4-5,7-8,15H,3,6H2,(H2,19,20). The maximum Gasteiger partial charge on any atom is 0.405 e.